The lowest BCUT2D eigenvalue weighted by atomic mass is 9.95. The first-order valence-corrected chi connectivity index (χ1v) is 12.7. The molecular weight excluding hydrogens is 384 g/mol. The zero-order chi connectivity index (χ0) is 21.4. The van der Waals surface area contributed by atoms with Crippen molar-refractivity contribution in [3.63, 3.8) is 0 Å². The number of rotatable bonds is 4. The Morgan fingerprint density at radius 3 is 2.41 bits per heavy atom. The topological polar surface area (TPSA) is 54.0 Å². The van der Waals surface area contributed by atoms with Crippen LogP contribution in [0.4, 0.5) is 0 Å². The van der Waals surface area contributed by atoms with Crippen LogP contribution in [-0.4, -0.2) is 28.5 Å². The summed E-state index contributed by atoms with van der Waals surface area (Å²) in [6.07, 6.45) is -0.308. The van der Waals surface area contributed by atoms with E-state index >= 15 is 0 Å². The van der Waals surface area contributed by atoms with Gasteiger partial charge >= 0.3 is 5.97 Å². The molecule has 0 saturated heterocycles. The molecule has 0 saturated carbocycles. The molecule has 0 amide bonds. The molecule has 2 aromatic rings. The summed E-state index contributed by atoms with van der Waals surface area (Å²) in [5.74, 6) is 1.22. The number of carbonyl (C=O) groups is 1. The summed E-state index contributed by atoms with van der Waals surface area (Å²) in [6, 6.07) is 11.4. The van der Waals surface area contributed by atoms with Crippen molar-refractivity contribution in [3.8, 4) is 11.5 Å². The molecule has 1 heterocycles. The summed E-state index contributed by atoms with van der Waals surface area (Å²) in [6.45, 7) is 11.5. The predicted molar refractivity (Wildman–Crippen MR) is 115 cm³/mol. The number of benzene rings is 2. The lowest BCUT2D eigenvalue weighted by molar-refractivity contribution is 0.0600. The quantitative estimate of drug-likeness (QED) is 0.489. The monoisotopic (exact) mass is 414 g/mol. The van der Waals surface area contributed by atoms with E-state index in [1.165, 1.54) is 7.11 Å². The van der Waals surface area contributed by atoms with Crippen LogP contribution in [0.2, 0.25) is 18.1 Å². The second kappa shape index (κ2) is 7.84. The standard InChI is InChI=1S/C23H30O5Si/c1-23(2,3)29(6,7)28-17-9-11-20-19(13-17)21(25-4)18-10-8-15(22(24)26-5)12-16(18)14-27-20/h8-13,21H,14H2,1-7H3. The van der Waals surface area contributed by atoms with Crippen LogP contribution in [0.1, 0.15) is 53.9 Å². The van der Waals surface area contributed by atoms with E-state index in [2.05, 4.69) is 33.9 Å². The Morgan fingerprint density at radius 2 is 1.79 bits per heavy atom. The van der Waals surface area contributed by atoms with Gasteiger partial charge in [-0.2, -0.15) is 0 Å². The molecule has 3 rings (SSSR count). The minimum atomic E-state index is -1.96. The molecule has 1 aliphatic heterocycles. The van der Waals surface area contributed by atoms with E-state index in [1.54, 1.807) is 13.2 Å². The molecule has 29 heavy (non-hydrogen) atoms. The predicted octanol–water partition coefficient (Wildman–Crippen LogP) is 5.49. The summed E-state index contributed by atoms with van der Waals surface area (Å²) in [5.41, 5.74) is 3.30. The third-order valence-corrected chi connectivity index (χ3v) is 10.3. The van der Waals surface area contributed by atoms with Crippen LogP contribution in [-0.2, 0) is 16.1 Å². The van der Waals surface area contributed by atoms with Gasteiger partial charge in [0, 0.05) is 12.7 Å². The van der Waals surface area contributed by atoms with Gasteiger partial charge in [-0.1, -0.05) is 26.8 Å². The number of ether oxygens (including phenoxy) is 3. The van der Waals surface area contributed by atoms with Crippen LogP contribution in [0.5, 0.6) is 11.5 Å². The van der Waals surface area contributed by atoms with Gasteiger partial charge < -0.3 is 18.6 Å². The molecule has 1 aliphatic rings. The molecule has 1 unspecified atom stereocenters. The average molecular weight is 415 g/mol. The molecule has 2 aromatic carbocycles. The summed E-state index contributed by atoms with van der Waals surface area (Å²) < 4.78 is 23.2. The van der Waals surface area contributed by atoms with Gasteiger partial charge in [0.25, 0.3) is 0 Å². The molecule has 1 atom stereocenters. The molecule has 6 heteroatoms. The second-order valence-electron chi connectivity index (χ2n) is 8.87. The van der Waals surface area contributed by atoms with Gasteiger partial charge in [0.05, 0.1) is 12.7 Å². The van der Waals surface area contributed by atoms with Crippen LogP contribution in [0.15, 0.2) is 36.4 Å². The second-order valence-corrected chi connectivity index (χ2v) is 13.6. The molecule has 0 aromatic heterocycles. The van der Waals surface area contributed by atoms with Gasteiger partial charge in [-0.15, -0.1) is 0 Å². The molecule has 0 spiro atoms. The molecule has 0 fully saturated rings. The van der Waals surface area contributed by atoms with Gasteiger partial charge in [0.2, 0.25) is 8.32 Å². The Kier molecular flexibility index (Phi) is 5.78. The van der Waals surface area contributed by atoms with Gasteiger partial charge in [0.15, 0.2) is 0 Å². The fourth-order valence-electron chi connectivity index (χ4n) is 3.18. The number of hydrogen-bond donors (Lipinski definition) is 0. The normalized spacial score (nSPS) is 16.2. The van der Waals surface area contributed by atoms with E-state index in [9.17, 15) is 4.79 Å². The van der Waals surface area contributed by atoms with Gasteiger partial charge in [-0.05, 0) is 59.6 Å². The average Bonchev–Trinajstić information content (AvgIpc) is 2.81. The molecule has 0 aliphatic carbocycles. The van der Waals surface area contributed by atoms with E-state index in [0.717, 1.165) is 28.2 Å². The first-order valence-electron chi connectivity index (χ1n) is 9.77. The number of carbonyl (C=O) groups excluding carboxylic acids is 1. The lowest BCUT2D eigenvalue weighted by Gasteiger charge is -2.36. The van der Waals surface area contributed by atoms with Crippen molar-refractivity contribution in [2.75, 3.05) is 14.2 Å². The van der Waals surface area contributed by atoms with Crippen molar-refractivity contribution < 1.29 is 23.4 Å². The van der Waals surface area contributed by atoms with Crippen molar-refractivity contribution in [3.05, 3.63) is 58.7 Å². The third kappa shape index (κ3) is 4.18. The highest BCUT2D eigenvalue weighted by molar-refractivity contribution is 6.74. The highest BCUT2D eigenvalue weighted by Gasteiger charge is 2.39. The van der Waals surface area contributed by atoms with Gasteiger partial charge in [0.1, 0.15) is 24.2 Å². The van der Waals surface area contributed by atoms with E-state index < -0.39 is 8.32 Å². The van der Waals surface area contributed by atoms with Crippen LogP contribution >= 0.6 is 0 Å². The minimum absolute atomic E-state index is 0.105. The Labute approximate surface area is 174 Å². The van der Waals surface area contributed by atoms with Crippen molar-refractivity contribution in [1.29, 1.82) is 0 Å². The van der Waals surface area contributed by atoms with E-state index in [4.69, 9.17) is 18.6 Å². The van der Waals surface area contributed by atoms with E-state index in [0.29, 0.717) is 12.2 Å². The van der Waals surface area contributed by atoms with Crippen LogP contribution < -0.4 is 9.16 Å². The third-order valence-electron chi connectivity index (χ3n) is 5.91. The maximum Gasteiger partial charge on any atom is 0.337 e. The fraction of sp³-hybridized carbons (Fsp3) is 0.435. The highest BCUT2D eigenvalue weighted by Crippen LogP contribution is 2.42. The van der Waals surface area contributed by atoms with Crippen LogP contribution in [0.25, 0.3) is 0 Å². The first-order chi connectivity index (χ1) is 13.6. The Bertz CT molecular complexity index is 914. The SMILES string of the molecule is COC(=O)c1ccc2c(c1)COc1ccc(O[Si](C)(C)C(C)(C)C)cc1C2OC. The summed E-state index contributed by atoms with van der Waals surface area (Å²) in [5, 5.41) is 0.105. The minimum Gasteiger partial charge on any atom is -0.543 e. The fourth-order valence-corrected chi connectivity index (χ4v) is 4.20. The first kappa shape index (κ1) is 21.4. The number of methoxy groups -OCH3 is 2. The number of fused-ring (bicyclic) bond motifs is 2. The van der Waals surface area contributed by atoms with E-state index in [-0.39, 0.29) is 17.1 Å². The Hall–Kier alpha value is -2.31. The lowest BCUT2D eigenvalue weighted by Crippen LogP contribution is -2.43. The van der Waals surface area contributed by atoms with Gasteiger partial charge in [-0.25, -0.2) is 4.79 Å². The highest BCUT2D eigenvalue weighted by atomic mass is 28.4. The van der Waals surface area contributed by atoms with Crippen LogP contribution in [0, 0.1) is 0 Å². The van der Waals surface area contributed by atoms with Crippen molar-refractivity contribution in [2.45, 2.75) is 51.6 Å². The molecule has 156 valence electrons. The summed E-state index contributed by atoms with van der Waals surface area (Å²) in [4.78, 5) is 11.9. The smallest absolute Gasteiger partial charge is 0.337 e. The molecule has 0 N–H and O–H groups in total. The van der Waals surface area contributed by atoms with Crippen molar-refractivity contribution >= 4 is 14.3 Å². The molecular formula is C23H30O5Si. The van der Waals surface area contributed by atoms with E-state index in [1.807, 2.05) is 30.3 Å². The van der Waals surface area contributed by atoms with Gasteiger partial charge in [-0.3, -0.25) is 0 Å². The largest absolute Gasteiger partial charge is 0.543 e. The summed E-state index contributed by atoms with van der Waals surface area (Å²) in [7, 11) is 1.09. The Morgan fingerprint density at radius 1 is 1.07 bits per heavy atom. The van der Waals surface area contributed by atoms with Crippen molar-refractivity contribution in [2.24, 2.45) is 0 Å². The molecule has 0 radical (unpaired) electrons. The zero-order valence-corrected chi connectivity index (χ0v) is 19.3. The maximum absolute atomic E-state index is 11.9. The van der Waals surface area contributed by atoms with Crippen molar-refractivity contribution in [1.82, 2.24) is 0 Å². The van der Waals surface area contributed by atoms with Crippen LogP contribution in [0.3, 0.4) is 0 Å². The number of hydrogen-bond acceptors (Lipinski definition) is 5. The number of esters is 1. The molecule has 5 nitrogen and oxygen atoms in total. The maximum atomic E-state index is 11.9. The molecule has 0 bridgehead atoms. The summed E-state index contributed by atoms with van der Waals surface area (Å²) >= 11 is 0. The zero-order valence-electron chi connectivity index (χ0n) is 18.3. The Balaban J connectivity index is 2.01.